The van der Waals surface area contributed by atoms with E-state index in [-0.39, 0.29) is 5.41 Å². The molecule has 0 amide bonds. The van der Waals surface area contributed by atoms with Crippen LogP contribution in [0, 0.1) is 0 Å². The van der Waals surface area contributed by atoms with Gasteiger partial charge in [0.25, 0.3) is 0 Å². The molecule has 0 aromatic heterocycles. The monoisotopic (exact) mass is 300 g/mol. The summed E-state index contributed by atoms with van der Waals surface area (Å²) in [6, 6.07) is 18.7. The van der Waals surface area contributed by atoms with Crippen molar-refractivity contribution < 1.29 is 4.74 Å². The van der Waals surface area contributed by atoms with Crippen molar-refractivity contribution in [2.45, 2.75) is 32.1 Å². The van der Waals surface area contributed by atoms with Crippen molar-refractivity contribution in [2.24, 2.45) is 0 Å². The van der Waals surface area contributed by atoms with Gasteiger partial charge in [-0.15, -0.1) is 0 Å². The summed E-state index contributed by atoms with van der Waals surface area (Å²) < 4.78 is 6.12. The molecule has 0 aliphatic carbocycles. The fraction of sp³-hybridized carbons (Fsp3) is 0.368. The molecule has 112 valence electrons. The van der Waals surface area contributed by atoms with Crippen LogP contribution in [0.4, 0.5) is 0 Å². The Hall–Kier alpha value is -1.41. The lowest BCUT2D eigenvalue weighted by molar-refractivity contribution is 0.290. The molecule has 2 aromatic carbocycles. The van der Waals surface area contributed by atoms with Gasteiger partial charge in [0.05, 0.1) is 6.61 Å². The van der Waals surface area contributed by atoms with Gasteiger partial charge in [0, 0.05) is 11.7 Å². The molecule has 1 atom stereocenters. The molecule has 2 rings (SSSR count). The number of benzene rings is 2. The van der Waals surface area contributed by atoms with E-state index >= 15 is 0 Å². The number of thiol groups is 1. The molecule has 0 aliphatic heterocycles. The highest BCUT2D eigenvalue weighted by Crippen LogP contribution is 2.31. The first-order chi connectivity index (χ1) is 10.0. The highest BCUT2D eigenvalue weighted by Gasteiger charge is 2.19. The summed E-state index contributed by atoms with van der Waals surface area (Å²) in [4.78, 5) is 0. The van der Waals surface area contributed by atoms with Gasteiger partial charge in [-0.25, -0.2) is 0 Å². The average Bonchev–Trinajstić information content (AvgIpc) is 2.48. The normalized spacial score (nSPS) is 13.0. The lowest BCUT2D eigenvalue weighted by Crippen LogP contribution is -2.16. The molecule has 21 heavy (non-hydrogen) atoms. The highest BCUT2D eigenvalue weighted by atomic mass is 32.1. The molecule has 0 saturated carbocycles. The third kappa shape index (κ3) is 4.28. The molecule has 1 unspecified atom stereocenters. The number of hydrogen-bond acceptors (Lipinski definition) is 2. The third-order valence-corrected chi connectivity index (χ3v) is 4.07. The second kappa shape index (κ2) is 7.04. The molecule has 2 aromatic rings. The summed E-state index contributed by atoms with van der Waals surface area (Å²) in [6.45, 7) is 7.29. The fourth-order valence-electron chi connectivity index (χ4n) is 2.38. The van der Waals surface area contributed by atoms with E-state index in [1.54, 1.807) is 0 Å². The van der Waals surface area contributed by atoms with Crippen LogP contribution in [0.1, 0.15) is 37.8 Å². The van der Waals surface area contributed by atoms with Gasteiger partial charge in [0.15, 0.2) is 0 Å². The van der Waals surface area contributed by atoms with E-state index in [4.69, 9.17) is 4.74 Å². The van der Waals surface area contributed by atoms with Crippen LogP contribution < -0.4 is 4.74 Å². The first kappa shape index (κ1) is 16.0. The SMILES string of the molecule is CC(C)(C)c1ccccc1OCC(CS)c1ccccc1. The first-order valence-electron chi connectivity index (χ1n) is 7.40. The van der Waals surface area contributed by atoms with E-state index in [9.17, 15) is 0 Å². The molecule has 0 fully saturated rings. The van der Waals surface area contributed by atoms with Crippen molar-refractivity contribution >= 4 is 12.6 Å². The molecule has 0 aliphatic rings. The van der Waals surface area contributed by atoms with Crippen LogP contribution in [-0.4, -0.2) is 12.4 Å². The van der Waals surface area contributed by atoms with E-state index in [2.05, 4.69) is 75.9 Å². The quantitative estimate of drug-likeness (QED) is 0.758. The maximum Gasteiger partial charge on any atom is 0.123 e. The van der Waals surface area contributed by atoms with Crippen LogP contribution in [0.25, 0.3) is 0 Å². The van der Waals surface area contributed by atoms with Gasteiger partial charge in [-0.3, -0.25) is 0 Å². The standard InChI is InChI=1S/C19H24OS/c1-19(2,3)17-11-7-8-12-18(17)20-13-16(14-21)15-9-5-4-6-10-15/h4-12,16,21H,13-14H2,1-3H3. The summed E-state index contributed by atoms with van der Waals surface area (Å²) in [5.74, 6) is 2.07. The second-order valence-electron chi connectivity index (χ2n) is 6.35. The van der Waals surface area contributed by atoms with Gasteiger partial charge < -0.3 is 4.74 Å². The fourth-order valence-corrected chi connectivity index (χ4v) is 2.70. The number of para-hydroxylation sites is 1. The third-order valence-electron chi connectivity index (χ3n) is 3.63. The van der Waals surface area contributed by atoms with E-state index in [1.807, 2.05) is 12.1 Å². The van der Waals surface area contributed by atoms with E-state index in [0.717, 1.165) is 11.5 Å². The maximum atomic E-state index is 6.12. The lowest BCUT2D eigenvalue weighted by atomic mass is 9.86. The molecule has 2 heteroatoms. The Bertz CT molecular complexity index is 557. The van der Waals surface area contributed by atoms with E-state index in [0.29, 0.717) is 12.5 Å². The predicted octanol–water partition coefficient (Wildman–Crippen LogP) is 5.08. The Morgan fingerprint density at radius 3 is 2.19 bits per heavy atom. The van der Waals surface area contributed by atoms with Gasteiger partial charge in [-0.1, -0.05) is 69.3 Å². The average molecular weight is 300 g/mol. The van der Waals surface area contributed by atoms with Gasteiger partial charge in [0.1, 0.15) is 5.75 Å². The molecule has 0 heterocycles. The molecule has 1 nitrogen and oxygen atoms in total. The summed E-state index contributed by atoms with van der Waals surface area (Å²) in [6.07, 6.45) is 0. The summed E-state index contributed by atoms with van der Waals surface area (Å²) in [5.41, 5.74) is 2.61. The minimum Gasteiger partial charge on any atom is -0.493 e. The summed E-state index contributed by atoms with van der Waals surface area (Å²) in [5, 5.41) is 0. The van der Waals surface area contributed by atoms with Crippen LogP contribution >= 0.6 is 12.6 Å². The lowest BCUT2D eigenvalue weighted by Gasteiger charge is -2.24. The highest BCUT2D eigenvalue weighted by molar-refractivity contribution is 7.80. The second-order valence-corrected chi connectivity index (χ2v) is 6.71. The van der Waals surface area contributed by atoms with Crippen LogP contribution in [0.2, 0.25) is 0 Å². The molecule has 0 radical (unpaired) electrons. The smallest absolute Gasteiger partial charge is 0.123 e. The topological polar surface area (TPSA) is 9.23 Å². The van der Waals surface area contributed by atoms with Crippen molar-refractivity contribution in [2.75, 3.05) is 12.4 Å². The maximum absolute atomic E-state index is 6.12. The Balaban J connectivity index is 2.13. The van der Waals surface area contributed by atoms with Crippen molar-refractivity contribution in [3.8, 4) is 5.75 Å². The Labute approximate surface area is 133 Å². The minimum atomic E-state index is 0.0831. The Morgan fingerprint density at radius 1 is 0.952 bits per heavy atom. The van der Waals surface area contributed by atoms with Crippen molar-refractivity contribution in [1.82, 2.24) is 0 Å². The molecule has 0 N–H and O–H groups in total. The zero-order valence-electron chi connectivity index (χ0n) is 13.0. The van der Waals surface area contributed by atoms with Crippen molar-refractivity contribution in [3.63, 3.8) is 0 Å². The van der Waals surface area contributed by atoms with Gasteiger partial charge in [-0.05, 0) is 22.6 Å². The predicted molar refractivity (Wildman–Crippen MR) is 93.7 cm³/mol. The molecule has 0 bridgehead atoms. The minimum absolute atomic E-state index is 0.0831. The Morgan fingerprint density at radius 2 is 1.57 bits per heavy atom. The van der Waals surface area contributed by atoms with E-state index < -0.39 is 0 Å². The summed E-state index contributed by atoms with van der Waals surface area (Å²) in [7, 11) is 0. The van der Waals surface area contributed by atoms with Crippen LogP contribution in [0.3, 0.4) is 0 Å². The van der Waals surface area contributed by atoms with Crippen LogP contribution in [0.5, 0.6) is 5.75 Å². The molecule has 0 spiro atoms. The van der Waals surface area contributed by atoms with Crippen LogP contribution in [-0.2, 0) is 5.41 Å². The number of hydrogen-bond donors (Lipinski definition) is 1. The van der Waals surface area contributed by atoms with Crippen molar-refractivity contribution in [1.29, 1.82) is 0 Å². The molecule has 0 saturated heterocycles. The first-order valence-corrected chi connectivity index (χ1v) is 8.03. The van der Waals surface area contributed by atoms with E-state index in [1.165, 1.54) is 11.1 Å². The summed E-state index contributed by atoms with van der Waals surface area (Å²) >= 11 is 4.48. The zero-order valence-corrected chi connectivity index (χ0v) is 13.9. The number of rotatable bonds is 5. The zero-order chi connectivity index (χ0) is 15.3. The van der Waals surface area contributed by atoms with Crippen LogP contribution in [0.15, 0.2) is 54.6 Å². The van der Waals surface area contributed by atoms with Crippen molar-refractivity contribution in [3.05, 3.63) is 65.7 Å². The molecular formula is C19H24OS. The van der Waals surface area contributed by atoms with Gasteiger partial charge >= 0.3 is 0 Å². The number of ether oxygens (including phenoxy) is 1. The van der Waals surface area contributed by atoms with Gasteiger partial charge in [-0.2, -0.15) is 12.6 Å². The largest absolute Gasteiger partial charge is 0.493 e. The Kier molecular flexibility index (Phi) is 5.35. The van der Waals surface area contributed by atoms with Gasteiger partial charge in [0.2, 0.25) is 0 Å². The molecular weight excluding hydrogens is 276 g/mol.